The van der Waals surface area contributed by atoms with Crippen LogP contribution in [0, 0.1) is 0 Å². The Hall–Kier alpha value is -2.86. The number of benzene rings is 2. The van der Waals surface area contributed by atoms with Gasteiger partial charge in [-0.15, -0.1) is 0 Å². The van der Waals surface area contributed by atoms with E-state index >= 15 is 0 Å². The normalized spacial score (nSPS) is 15.2. The van der Waals surface area contributed by atoms with Gasteiger partial charge in [0.25, 0.3) is 5.56 Å². The molecule has 0 bridgehead atoms. The first-order chi connectivity index (χ1) is 13.6. The smallest absolute Gasteiger partial charge is 0.331 e. The van der Waals surface area contributed by atoms with Gasteiger partial charge in [0.05, 0.1) is 10.9 Å². The molecule has 1 aliphatic heterocycles. The second kappa shape index (κ2) is 8.02. The van der Waals surface area contributed by atoms with Crippen LogP contribution in [0.15, 0.2) is 64.2 Å². The lowest BCUT2D eigenvalue weighted by Gasteiger charge is -2.36. The summed E-state index contributed by atoms with van der Waals surface area (Å²) in [5.74, 6) is 0. The number of nitrogens with zero attached hydrogens (tertiary/aromatic N) is 4. The number of rotatable bonds is 5. The van der Waals surface area contributed by atoms with Gasteiger partial charge in [-0.25, -0.2) is 4.79 Å². The molecule has 0 unspecified atom stereocenters. The highest BCUT2D eigenvalue weighted by atomic mass is 16.2. The average Bonchev–Trinajstić information content (AvgIpc) is 2.75. The van der Waals surface area contributed by atoms with Crippen LogP contribution in [-0.4, -0.2) is 46.8 Å². The van der Waals surface area contributed by atoms with Crippen LogP contribution in [0.25, 0.3) is 10.9 Å². The summed E-state index contributed by atoms with van der Waals surface area (Å²) in [6.07, 6.45) is 0.790. The minimum Gasteiger partial charge on any atom is -0.369 e. The second-order valence-corrected chi connectivity index (χ2v) is 7.33. The van der Waals surface area contributed by atoms with E-state index in [-0.39, 0.29) is 11.2 Å². The van der Waals surface area contributed by atoms with Crippen molar-refractivity contribution in [1.82, 2.24) is 14.0 Å². The van der Waals surface area contributed by atoms with E-state index in [1.165, 1.54) is 10.3 Å². The highest BCUT2D eigenvalue weighted by molar-refractivity contribution is 5.77. The highest BCUT2D eigenvalue weighted by Gasteiger charge is 2.17. The topological polar surface area (TPSA) is 50.5 Å². The van der Waals surface area contributed by atoms with Gasteiger partial charge in [0, 0.05) is 45.5 Å². The van der Waals surface area contributed by atoms with Crippen molar-refractivity contribution in [1.29, 1.82) is 0 Å². The molecule has 0 saturated carbocycles. The molecule has 1 fully saturated rings. The maximum Gasteiger partial charge on any atom is 0.331 e. The Balaban J connectivity index is 1.38. The lowest BCUT2D eigenvalue weighted by Crippen LogP contribution is -2.47. The molecule has 0 N–H and O–H groups in total. The van der Waals surface area contributed by atoms with Crippen LogP contribution >= 0.6 is 0 Å². The fourth-order valence-electron chi connectivity index (χ4n) is 3.98. The van der Waals surface area contributed by atoms with Crippen LogP contribution in [0.4, 0.5) is 5.69 Å². The van der Waals surface area contributed by atoms with Crippen LogP contribution < -0.4 is 16.1 Å². The maximum atomic E-state index is 12.7. The Kier molecular flexibility index (Phi) is 5.30. The van der Waals surface area contributed by atoms with Crippen molar-refractivity contribution in [2.45, 2.75) is 13.0 Å². The van der Waals surface area contributed by atoms with Crippen LogP contribution in [0.2, 0.25) is 0 Å². The number of aryl methyl sites for hydroxylation is 1. The molecule has 2 heterocycles. The van der Waals surface area contributed by atoms with Crippen molar-refractivity contribution in [2.75, 3.05) is 37.6 Å². The molecule has 0 atom stereocenters. The van der Waals surface area contributed by atoms with Crippen molar-refractivity contribution in [2.24, 2.45) is 7.05 Å². The van der Waals surface area contributed by atoms with E-state index in [1.54, 1.807) is 17.7 Å². The number of hydrogen-bond acceptors (Lipinski definition) is 4. The average molecular weight is 378 g/mol. The minimum atomic E-state index is -0.238. The van der Waals surface area contributed by atoms with E-state index in [9.17, 15) is 9.59 Å². The second-order valence-electron chi connectivity index (χ2n) is 7.33. The van der Waals surface area contributed by atoms with E-state index in [0.717, 1.165) is 39.1 Å². The third-order valence-electron chi connectivity index (χ3n) is 5.61. The monoisotopic (exact) mass is 378 g/mol. The summed E-state index contributed by atoms with van der Waals surface area (Å²) >= 11 is 0. The van der Waals surface area contributed by atoms with E-state index in [1.807, 2.05) is 24.3 Å². The molecular weight excluding hydrogens is 352 g/mol. The van der Waals surface area contributed by atoms with Crippen molar-refractivity contribution in [3.05, 3.63) is 75.4 Å². The summed E-state index contributed by atoms with van der Waals surface area (Å²) in [6.45, 7) is 5.35. The van der Waals surface area contributed by atoms with Gasteiger partial charge < -0.3 is 4.90 Å². The fourth-order valence-corrected chi connectivity index (χ4v) is 3.98. The number of fused-ring (bicyclic) bond motifs is 1. The first-order valence-corrected chi connectivity index (χ1v) is 9.86. The summed E-state index contributed by atoms with van der Waals surface area (Å²) in [7, 11) is 1.73. The van der Waals surface area contributed by atoms with Gasteiger partial charge >= 0.3 is 5.69 Å². The lowest BCUT2D eigenvalue weighted by molar-refractivity contribution is 0.249. The van der Waals surface area contributed by atoms with Gasteiger partial charge in [0.1, 0.15) is 0 Å². The third-order valence-corrected chi connectivity index (χ3v) is 5.61. The minimum absolute atomic E-state index is 0.187. The predicted molar refractivity (Wildman–Crippen MR) is 113 cm³/mol. The SMILES string of the molecule is Cn1c(=O)n(CCCN2CCN(c3ccccc3)CC2)c(=O)c2ccccc21. The van der Waals surface area contributed by atoms with Crippen molar-refractivity contribution < 1.29 is 0 Å². The van der Waals surface area contributed by atoms with Crippen LogP contribution in [0.1, 0.15) is 6.42 Å². The lowest BCUT2D eigenvalue weighted by atomic mass is 10.2. The van der Waals surface area contributed by atoms with E-state index in [2.05, 4.69) is 34.1 Å². The Labute approximate surface area is 164 Å². The molecule has 146 valence electrons. The first-order valence-electron chi connectivity index (χ1n) is 9.86. The van der Waals surface area contributed by atoms with Crippen molar-refractivity contribution in [3.8, 4) is 0 Å². The highest BCUT2D eigenvalue weighted by Crippen LogP contribution is 2.15. The molecule has 4 rings (SSSR count). The van der Waals surface area contributed by atoms with E-state index in [4.69, 9.17) is 0 Å². The zero-order chi connectivity index (χ0) is 19.5. The van der Waals surface area contributed by atoms with E-state index in [0.29, 0.717) is 17.4 Å². The Morgan fingerprint density at radius 2 is 1.50 bits per heavy atom. The zero-order valence-electron chi connectivity index (χ0n) is 16.3. The molecule has 0 aliphatic carbocycles. The molecule has 2 aromatic carbocycles. The molecule has 0 amide bonds. The molecule has 3 aromatic rings. The van der Waals surface area contributed by atoms with Crippen molar-refractivity contribution >= 4 is 16.6 Å². The molecule has 6 heteroatoms. The van der Waals surface area contributed by atoms with Crippen LogP contribution in [0.3, 0.4) is 0 Å². The van der Waals surface area contributed by atoms with Crippen LogP contribution in [-0.2, 0) is 13.6 Å². The number of anilines is 1. The zero-order valence-corrected chi connectivity index (χ0v) is 16.3. The Bertz CT molecular complexity index is 1060. The molecule has 0 radical (unpaired) electrons. The van der Waals surface area contributed by atoms with E-state index < -0.39 is 0 Å². The Morgan fingerprint density at radius 1 is 0.821 bits per heavy atom. The molecule has 1 aliphatic rings. The largest absolute Gasteiger partial charge is 0.369 e. The number of hydrogen-bond donors (Lipinski definition) is 0. The summed E-state index contributed by atoms with van der Waals surface area (Å²) in [5.41, 5.74) is 1.53. The van der Waals surface area contributed by atoms with Crippen LogP contribution in [0.5, 0.6) is 0 Å². The van der Waals surface area contributed by atoms with Gasteiger partial charge in [0.15, 0.2) is 0 Å². The number of piperazine rings is 1. The quantitative estimate of drug-likeness (QED) is 0.681. The molecular formula is C22H26N4O2. The molecule has 1 aromatic heterocycles. The number of para-hydroxylation sites is 2. The fraction of sp³-hybridized carbons (Fsp3) is 0.364. The predicted octanol–water partition coefficient (Wildman–Crippen LogP) is 1.91. The molecule has 28 heavy (non-hydrogen) atoms. The van der Waals surface area contributed by atoms with Gasteiger partial charge in [-0.05, 0) is 37.2 Å². The number of aromatic nitrogens is 2. The van der Waals surface area contributed by atoms with Gasteiger partial charge in [-0.2, -0.15) is 0 Å². The van der Waals surface area contributed by atoms with Gasteiger partial charge in [-0.3, -0.25) is 18.8 Å². The maximum absolute atomic E-state index is 12.7. The molecule has 0 spiro atoms. The molecule has 1 saturated heterocycles. The summed E-state index contributed by atoms with van der Waals surface area (Å²) in [5, 5.41) is 0.598. The standard InChI is InChI=1S/C22H26N4O2/c1-23-20-11-6-5-10-19(20)21(27)26(22(23)28)13-7-12-24-14-16-25(17-15-24)18-8-3-2-4-9-18/h2-6,8-11H,7,12-17H2,1H3. The van der Waals surface area contributed by atoms with Crippen molar-refractivity contribution in [3.63, 3.8) is 0 Å². The first kappa shape index (κ1) is 18.5. The Morgan fingerprint density at radius 3 is 2.25 bits per heavy atom. The summed E-state index contributed by atoms with van der Waals surface area (Å²) < 4.78 is 2.94. The summed E-state index contributed by atoms with van der Waals surface area (Å²) in [6, 6.07) is 17.8. The van der Waals surface area contributed by atoms with Gasteiger partial charge in [0.2, 0.25) is 0 Å². The molecule has 6 nitrogen and oxygen atoms in total. The third kappa shape index (κ3) is 3.60. The van der Waals surface area contributed by atoms with Gasteiger partial charge in [-0.1, -0.05) is 30.3 Å². The summed E-state index contributed by atoms with van der Waals surface area (Å²) in [4.78, 5) is 30.1.